The molecule has 2 heterocycles. The van der Waals surface area contributed by atoms with Crippen LogP contribution in [0.15, 0.2) is 12.3 Å². The number of hydrogen-bond acceptors (Lipinski definition) is 3. The summed E-state index contributed by atoms with van der Waals surface area (Å²) in [7, 11) is 1.69. The molecule has 1 aliphatic carbocycles. The van der Waals surface area contributed by atoms with Gasteiger partial charge in [-0.3, -0.25) is 4.79 Å². The van der Waals surface area contributed by atoms with Gasteiger partial charge in [0.05, 0.1) is 12.2 Å². The Hall–Kier alpha value is -2.08. The lowest BCUT2D eigenvalue weighted by atomic mass is 10.2. The van der Waals surface area contributed by atoms with E-state index < -0.39 is 0 Å². The monoisotopic (exact) mass is 344 g/mol. The quantitative estimate of drug-likeness (QED) is 0.800. The van der Waals surface area contributed by atoms with E-state index in [0.29, 0.717) is 19.1 Å². The molecule has 6 heteroatoms. The Labute approximate surface area is 149 Å². The molecule has 0 radical (unpaired) electrons. The van der Waals surface area contributed by atoms with Crippen LogP contribution in [0.25, 0.3) is 0 Å². The molecular formula is C19H28N4O2. The minimum atomic E-state index is -0.0116. The average Bonchev–Trinajstić information content (AvgIpc) is 3.31. The van der Waals surface area contributed by atoms with Crippen LogP contribution in [0.2, 0.25) is 0 Å². The van der Waals surface area contributed by atoms with Crippen LogP contribution in [0.4, 0.5) is 0 Å². The molecule has 1 amide bonds. The Balaban J connectivity index is 1.61. The van der Waals surface area contributed by atoms with Gasteiger partial charge in [-0.1, -0.05) is 0 Å². The smallest absolute Gasteiger partial charge is 0.253 e. The summed E-state index contributed by atoms with van der Waals surface area (Å²) < 4.78 is 9.51. The molecule has 2 aromatic rings. The fourth-order valence-electron chi connectivity index (χ4n) is 3.37. The summed E-state index contributed by atoms with van der Waals surface area (Å²) in [6.45, 7) is 8.87. The molecular weight excluding hydrogens is 316 g/mol. The first-order chi connectivity index (χ1) is 12.0. The van der Waals surface area contributed by atoms with Crippen molar-refractivity contribution < 1.29 is 9.53 Å². The number of nitrogens with one attached hydrogen (secondary N) is 1. The minimum absolute atomic E-state index is 0.0116. The summed E-state index contributed by atoms with van der Waals surface area (Å²) in [5.74, 6) is 1.77. The number of ether oxygens (including phenoxy) is 1. The topological polar surface area (TPSA) is 61.1 Å². The Morgan fingerprint density at radius 3 is 2.68 bits per heavy atom. The molecule has 136 valence electrons. The number of hydrogen-bond donors (Lipinski definition) is 1. The molecule has 3 rings (SSSR count). The number of amides is 1. The van der Waals surface area contributed by atoms with Crippen LogP contribution < -0.4 is 5.32 Å². The van der Waals surface area contributed by atoms with Gasteiger partial charge in [0.2, 0.25) is 0 Å². The van der Waals surface area contributed by atoms with Crippen molar-refractivity contribution in [2.24, 2.45) is 0 Å². The second-order valence-corrected chi connectivity index (χ2v) is 6.87. The molecule has 2 aromatic heterocycles. The number of carbonyl (C=O) groups is 1. The van der Waals surface area contributed by atoms with Gasteiger partial charge in [-0.15, -0.1) is 0 Å². The highest BCUT2D eigenvalue weighted by Crippen LogP contribution is 2.39. The van der Waals surface area contributed by atoms with Crippen molar-refractivity contribution in [3.8, 4) is 0 Å². The molecule has 25 heavy (non-hydrogen) atoms. The number of nitrogens with zero attached hydrogens (tertiary/aromatic N) is 3. The molecule has 0 bridgehead atoms. The van der Waals surface area contributed by atoms with Gasteiger partial charge in [0.15, 0.2) is 0 Å². The largest absolute Gasteiger partial charge is 0.383 e. The van der Waals surface area contributed by atoms with Crippen molar-refractivity contribution in [2.45, 2.75) is 52.6 Å². The lowest BCUT2D eigenvalue weighted by Gasteiger charge is -2.11. The third-order valence-corrected chi connectivity index (χ3v) is 4.99. The fraction of sp³-hybridized carbons (Fsp3) is 0.579. The van der Waals surface area contributed by atoms with E-state index in [0.717, 1.165) is 35.7 Å². The zero-order valence-electron chi connectivity index (χ0n) is 15.6. The first-order valence-corrected chi connectivity index (χ1v) is 8.98. The molecule has 0 aromatic carbocycles. The normalized spacial score (nSPS) is 14.1. The molecule has 1 fully saturated rings. The number of imidazole rings is 1. The van der Waals surface area contributed by atoms with E-state index in [1.807, 2.05) is 26.1 Å². The highest BCUT2D eigenvalue weighted by molar-refractivity contribution is 5.95. The van der Waals surface area contributed by atoms with E-state index in [9.17, 15) is 4.79 Å². The number of methoxy groups -OCH3 is 1. The van der Waals surface area contributed by atoms with Gasteiger partial charge >= 0.3 is 0 Å². The van der Waals surface area contributed by atoms with Crippen molar-refractivity contribution in [3.63, 3.8) is 0 Å². The van der Waals surface area contributed by atoms with Gasteiger partial charge in [0.25, 0.3) is 5.91 Å². The molecule has 0 unspecified atom stereocenters. The fourth-order valence-corrected chi connectivity index (χ4v) is 3.37. The number of carbonyl (C=O) groups excluding carboxylic acids is 1. The minimum Gasteiger partial charge on any atom is -0.383 e. The van der Waals surface area contributed by atoms with Crippen molar-refractivity contribution >= 4 is 5.91 Å². The SMILES string of the molecule is COCCn1c(C)cc(C(=O)NCCn2c(C)cnc2C2CC2)c1C. The van der Waals surface area contributed by atoms with E-state index in [1.165, 1.54) is 18.7 Å². The molecule has 1 aliphatic rings. The summed E-state index contributed by atoms with van der Waals surface area (Å²) in [5.41, 5.74) is 3.98. The van der Waals surface area contributed by atoms with Crippen LogP contribution in [-0.4, -0.2) is 40.3 Å². The van der Waals surface area contributed by atoms with Gasteiger partial charge in [-0.05, 0) is 39.7 Å². The first-order valence-electron chi connectivity index (χ1n) is 8.98. The van der Waals surface area contributed by atoms with Crippen molar-refractivity contribution in [1.82, 2.24) is 19.4 Å². The molecule has 0 saturated heterocycles. The zero-order chi connectivity index (χ0) is 18.0. The standard InChI is InChI=1S/C19H28N4O2/c1-13-11-17(15(3)22(13)9-10-25-4)19(24)20-7-8-23-14(2)12-21-18(23)16-5-6-16/h11-12,16H,5-10H2,1-4H3,(H,20,24). The number of rotatable bonds is 8. The first kappa shape index (κ1) is 17.7. The zero-order valence-corrected chi connectivity index (χ0v) is 15.6. The second kappa shape index (κ2) is 7.44. The van der Waals surface area contributed by atoms with Crippen LogP contribution in [-0.2, 0) is 17.8 Å². The molecule has 1 N–H and O–H groups in total. The van der Waals surface area contributed by atoms with Gasteiger partial charge in [-0.2, -0.15) is 0 Å². The van der Waals surface area contributed by atoms with Crippen molar-refractivity contribution in [2.75, 3.05) is 20.3 Å². The van der Waals surface area contributed by atoms with Crippen LogP contribution in [0.1, 0.15) is 52.0 Å². The van der Waals surface area contributed by atoms with Crippen molar-refractivity contribution in [1.29, 1.82) is 0 Å². The van der Waals surface area contributed by atoms with E-state index in [4.69, 9.17) is 4.74 Å². The highest BCUT2D eigenvalue weighted by atomic mass is 16.5. The number of aryl methyl sites for hydroxylation is 2. The predicted molar refractivity (Wildman–Crippen MR) is 97.1 cm³/mol. The Morgan fingerprint density at radius 1 is 1.24 bits per heavy atom. The summed E-state index contributed by atoms with van der Waals surface area (Å²) in [6.07, 6.45) is 4.39. The van der Waals surface area contributed by atoms with E-state index in [2.05, 4.69) is 26.4 Å². The van der Waals surface area contributed by atoms with Crippen molar-refractivity contribution in [3.05, 3.63) is 40.7 Å². The summed E-state index contributed by atoms with van der Waals surface area (Å²) in [6, 6.07) is 1.96. The Kier molecular flexibility index (Phi) is 5.27. The van der Waals surface area contributed by atoms with Crippen LogP contribution in [0.3, 0.4) is 0 Å². The van der Waals surface area contributed by atoms with E-state index >= 15 is 0 Å². The molecule has 0 aliphatic heterocycles. The molecule has 0 spiro atoms. The lowest BCUT2D eigenvalue weighted by molar-refractivity contribution is 0.0951. The van der Waals surface area contributed by atoms with Crippen LogP contribution in [0, 0.1) is 20.8 Å². The van der Waals surface area contributed by atoms with E-state index in [1.54, 1.807) is 7.11 Å². The maximum atomic E-state index is 12.6. The highest BCUT2D eigenvalue weighted by Gasteiger charge is 2.28. The third-order valence-electron chi connectivity index (χ3n) is 4.99. The van der Waals surface area contributed by atoms with Gasteiger partial charge in [0, 0.05) is 55.9 Å². The van der Waals surface area contributed by atoms with Gasteiger partial charge in [-0.25, -0.2) is 4.98 Å². The maximum Gasteiger partial charge on any atom is 0.253 e. The van der Waals surface area contributed by atoms with E-state index in [-0.39, 0.29) is 5.91 Å². The molecule has 0 atom stereocenters. The summed E-state index contributed by atoms with van der Waals surface area (Å²) >= 11 is 0. The van der Waals surface area contributed by atoms with Crippen LogP contribution >= 0.6 is 0 Å². The summed E-state index contributed by atoms with van der Waals surface area (Å²) in [5, 5.41) is 3.06. The van der Waals surface area contributed by atoms with Crippen LogP contribution in [0.5, 0.6) is 0 Å². The third kappa shape index (κ3) is 3.79. The maximum absolute atomic E-state index is 12.6. The second-order valence-electron chi connectivity index (χ2n) is 6.87. The Bertz CT molecular complexity index is 756. The lowest BCUT2D eigenvalue weighted by Crippen LogP contribution is -2.28. The van der Waals surface area contributed by atoms with Gasteiger partial charge < -0.3 is 19.2 Å². The predicted octanol–water partition coefficient (Wildman–Crippen LogP) is 2.56. The average molecular weight is 344 g/mol. The number of aromatic nitrogens is 3. The van der Waals surface area contributed by atoms with Gasteiger partial charge in [0.1, 0.15) is 5.82 Å². The summed E-state index contributed by atoms with van der Waals surface area (Å²) in [4.78, 5) is 17.1. The molecule has 6 nitrogen and oxygen atoms in total. The molecule has 1 saturated carbocycles. The Morgan fingerprint density at radius 2 is 2.00 bits per heavy atom.